The van der Waals surface area contributed by atoms with Crippen molar-refractivity contribution in [3.63, 3.8) is 0 Å². The maximum absolute atomic E-state index is 12.6. The number of carbonyl (C=O) groups is 2. The molecule has 3 rings (SSSR count). The predicted octanol–water partition coefficient (Wildman–Crippen LogP) is 3.06. The summed E-state index contributed by atoms with van der Waals surface area (Å²) in [5.74, 6) is -1.06. The van der Waals surface area contributed by atoms with Crippen LogP contribution in [-0.2, 0) is 16.0 Å². The number of aliphatic carboxylic acids is 1. The molecule has 23 heavy (non-hydrogen) atoms. The predicted molar refractivity (Wildman–Crippen MR) is 86.4 cm³/mol. The Hall–Kier alpha value is -2.30. The third-order valence-corrected chi connectivity index (χ3v) is 4.79. The molecule has 1 amide bonds. The average molecular weight is 315 g/mol. The van der Waals surface area contributed by atoms with Gasteiger partial charge in [0.15, 0.2) is 0 Å². The van der Waals surface area contributed by atoms with Gasteiger partial charge in [0.2, 0.25) is 5.91 Å². The monoisotopic (exact) mass is 315 g/mol. The van der Waals surface area contributed by atoms with Gasteiger partial charge < -0.3 is 14.4 Å². The van der Waals surface area contributed by atoms with E-state index in [-0.39, 0.29) is 12.3 Å². The summed E-state index contributed by atoms with van der Waals surface area (Å²) < 4.78 is 5.64. The highest BCUT2D eigenvalue weighted by atomic mass is 16.4. The van der Waals surface area contributed by atoms with E-state index < -0.39 is 12.0 Å². The Balaban J connectivity index is 1.85. The second-order valence-electron chi connectivity index (χ2n) is 6.26. The lowest BCUT2D eigenvalue weighted by atomic mass is 10.00. The first-order valence-corrected chi connectivity index (χ1v) is 7.97. The Kier molecular flexibility index (Phi) is 4.11. The number of nitrogens with zero attached hydrogens (tertiary/aromatic N) is 1. The number of benzene rings is 1. The molecule has 122 valence electrons. The molecule has 0 spiro atoms. The first-order chi connectivity index (χ1) is 11.0. The molecule has 0 saturated carbocycles. The van der Waals surface area contributed by atoms with Gasteiger partial charge in [-0.25, -0.2) is 4.79 Å². The molecule has 1 atom stereocenters. The van der Waals surface area contributed by atoms with Gasteiger partial charge in [0.1, 0.15) is 11.6 Å². The van der Waals surface area contributed by atoms with Crippen LogP contribution in [0.15, 0.2) is 22.8 Å². The van der Waals surface area contributed by atoms with Crippen LogP contribution in [0.4, 0.5) is 0 Å². The second-order valence-corrected chi connectivity index (χ2v) is 6.26. The van der Waals surface area contributed by atoms with Gasteiger partial charge in [-0.05, 0) is 44.2 Å². The van der Waals surface area contributed by atoms with Gasteiger partial charge in [-0.3, -0.25) is 4.79 Å². The number of hydrogen-bond acceptors (Lipinski definition) is 3. The van der Waals surface area contributed by atoms with Crippen molar-refractivity contribution < 1.29 is 19.1 Å². The molecule has 0 radical (unpaired) electrons. The molecule has 1 aromatic heterocycles. The van der Waals surface area contributed by atoms with Crippen molar-refractivity contribution in [3.8, 4) is 0 Å². The first-order valence-electron chi connectivity index (χ1n) is 7.97. The topological polar surface area (TPSA) is 70.8 Å². The van der Waals surface area contributed by atoms with E-state index in [0.717, 1.165) is 40.5 Å². The number of piperidine rings is 1. The number of likely N-dealkylation sites (tertiary alicyclic amines) is 1. The summed E-state index contributed by atoms with van der Waals surface area (Å²) in [4.78, 5) is 25.5. The molecule has 5 heteroatoms. The van der Waals surface area contributed by atoms with Gasteiger partial charge in [-0.1, -0.05) is 12.1 Å². The fraction of sp³-hybridized carbons (Fsp3) is 0.444. The van der Waals surface area contributed by atoms with E-state index in [1.807, 2.05) is 26.0 Å². The van der Waals surface area contributed by atoms with Crippen LogP contribution >= 0.6 is 0 Å². The largest absolute Gasteiger partial charge is 0.480 e. The zero-order valence-corrected chi connectivity index (χ0v) is 13.5. The van der Waals surface area contributed by atoms with Crippen molar-refractivity contribution in [1.29, 1.82) is 0 Å². The lowest BCUT2D eigenvalue weighted by Gasteiger charge is -2.33. The molecule has 0 unspecified atom stereocenters. The highest BCUT2D eigenvalue weighted by Gasteiger charge is 2.32. The van der Waals surface area contributed by atoms with E-state index >= 15 is 0 Å². The Labute approximate surface area is 134 Å². The third kappa shape index (κ3) is 2.83. The van der Waals surface area contributed by atoms with Crippen LogP contribution in [0.1, 0.15) is 36.0 Å². The lowest BCUT2D eigenvalue weighted by Crippen LogP contribution is -2.48. The zero-order valence-electron chi connectivity index (χ0n) is 13.5. The summed E-state index contributed by atoms with van der Waals surface area (Å²) in [6, 6.07) is 3.29. The fourth-order valence-corrected chi connectivity index (χ4v) is 3.28. The summed E-state index contributed by atoms with van der Waals surface area (Å²) in [7, 11) is 0. The van der Waals surface area contributed by atoms with Gasteiger partial charge in [0.25, 0.3) is 0 Å². The molecule has 1 aliphatic rings. The van der Waals surface area contributed by atoms with Crippen molar-refractivity contribution in [2.75, 3.05) is 6.54 Å². The summed E-state index contributed by atoms with van der Waals surface area (Å²) in [6.07, 6.45) is 4.05. The van der Waals surface area contributed by atoms with Gasteiger partial charge in [0, 0.05) is 17.5 Å². The van der Waals surface area contributed by atoms with Gasteiger partial charge in [-0.2, -0.15) is 0 Å². The molecule has 2 heterocycles. The smallest absolute Gasteiger partial charge is 0.326 e. The normalized spacial score (nSPS) is 18.3. The highest BCUT2D eigenvalue weighted by Crippen LogP contribution is 2.28. The highest BCUT2D eigenvalue weighted by molar-refractivity contribution is 5.91. The van der Waals surface area contributed by atoms with Gasteiger partial charge >= 0.3 is 5.97 Å². The number of fused-ring (bicyclic) bond motifs is 1. The standard InChI is InChI=1S/C18H21NO4/c1-11-6-7-14-13(10-23-17(14)12(11)2)9-16(20)19-8-4-3-5-15(19)18(21)22/h6-7,10,15H,3-5,8-9H2,1-2H3,(H,21,22)/t15-/m1/s1. The van der Waals surface area contributed by atoms with Crippen molar-refractivity contribution in [3.05, 3.63) is 35.1 Å². The van der Waals surface area contributed by atoms with Crippen LogP contribution < -0.4 is 0 Å². The van der Waals surface area contributed by atoms with Crippen LogP contribution in [0.5, 0.6) is 0 Å². The number of rotatable bonds is 3. The number of carbonyl (C=O) groups excluding carboxylic acids is 1. The van der Waals surface area contributed by atoms with E-state index in [2.05, 4.69) is 0 Å². The number of amides is 1. The molecular weight excluding hydrogens is 294 g/mol. The van der Waals surface area contributed by atoms with Gasteiger partial charge in [-0.15, -0.1) is 0 Å². The molecule has 0 bridgehead atoms. The maximum Gasteiger partial charge on any atom is 0.326 e. The van der Waals surface area contributed by atoms with Crippen molar-refractivity contribution in [2.45, 2.75) is 45.6 Å². The van der Waals surface area contributed by atoms with E-state index in [0.29, 0.717) is 13.0 Å². The van der Waals surface area contributed by atoms with Crippen molar-refractivity contribution in [2.24, 2.45) is 0 Å². The minimum absolute atomic E-state index is 0.141. The Morgan fingerprint density at radius 3 is 2.83 bits per heavy atom. The quantitative estimate of drug-likeness (QED) is 0.945. The van der Waals surface area contributed by atoms with Crippen LogP contribution in [0.3, 0.4) is 0 Å². The summed E-state index contributed by atoms with van der Waals surface area (Å²) in [6.45, 7) is 4.54. The minimum Gasteiger partial charge on any atom is -0.480 e. The zero-order chi connectivity index (χ0) is 16.6. The first kappa shape index (κ1) is 15.6. The molecule has 5 nitrogen and oxygen atoms in total. The Bertz CT molecular complexity index is 762. The van der Waals surface area contributed by atoms with E-state index in [4.69, 9.17) is 4.42 Å². The SMILES string of the molecule is Cc1ccc2c(CC(=O)N3CCCC[C@@H]3C(=O)O)coc2c1C. The van der Waals surface area contributed by atoms with Gasteiger partial charge in [0.05, 0.1) is 12.7 Å². The molecule has 1 fully saturated rings. The summed E-state index contributed by atoms with van der Waals surface area (Å²) in [5, 5.41) is 10.2. The minimum atomic E-state index is -0.915. The van der Waals surface area contributed by atoms with E-state index in [9.17, 15) is 14.7 Å². The maximum atomic E-state index is 12.6. The van der Waals surface area contributed by atoms with Crippen LogP contribution in [0, 0.1) is 13.8 Å². The second kappa shape index (κ2) is 6.07. The third-order valence-electron chi connectivity index (χ3n) is 4.79. The van der Waals surface area contributed by atoms with Crippen LogP contribution in [0.2, 0.25) is 0 Å². The summed E-state index contributed by atoms with van der Waals surface area (Å²) in [5.41, 5.74) is 3.85. The van der Waals surface area contributed by atoms with Crippen molar-refractivity contribution in [1.82, 2.24) is 4.90 Å². The molecule has 0 aliphatic carbocycles. The number of aryl methyl sites for hydroxylation is 2. The lowest BCUT2D eigenvalue weighted by molar-refractivity contribution is -0.151. The van der Waals surface area contributed by atoms with E-state index in [1.165, 1.54) is 4.90 Å². The average Bonchev–Trinajstić information content (AvgIpc) is 2.94. The number of carboxylic acid groups (broad SMARTS) is 1. The number of furan rings is 1. The van der Waals surface area contributed by atoms with Crippen LogP contribution in [-0.4, -0.2) is 34.5 Å². The van der Waals surface area contributed by atoms with Crippen molar-refractivity contribution >= 4 is 22.8 Å². The van der Waals surface area contributed by atoms with E-state index in [1.54, 1.807) is 6.26 Å². The molecule has 1 aromatic carbocycles. The molecule has 1 N–H and O–H groups in total. The number of hydrogen-bond donors (Lipinski definition) is 1. The summed E-state index contributed by atoms with van der Waals surface area (Å²) >= 11 is 0. The Morgan fingerprint density at radius 1 is 1.30 bits per heavy atom. The van der Waals surface area contributed by atoms with Crippen LogP contribution in [0.25, 0.3) is 11.0 Å². The molecule has 2 aromatic rings. The fourth-order valence-electron chi connectivity index (χ4n) is 3.28. The Morgan fingerprint density at radius 2 is 2.09 bits per heavy atom. The molecule has 1 saturated heterocycles. The molecular formula is C18H21NO4. The number of carboxylic acids is 1. The molecule has 1 aliphatic heterocycles.